The molecule has 0 saturated carbocycles. The van der Waals surface area contributed by atoms with Gasteiger partial charge in [0.1, 0.15) is 6.61 Å². The molecule has 2 N–H and O–H groups in total. The third-order valence-electron chi connectivity index (χ3n) is 2.53. The van der Waals surface area contributed by atoms with Gasteiger partial charge in [-0.05, 0) is 18.2 Å². The lowest BCUT2D eigenvalue weighted by Gasteiger charge is -2.12. The number of nitrogen functional groups attached to an aromatic ring is 1. The first-order chi connectivity index (χ1) is 8.70. The van der Waals surface area contributed by atoms with E-state index in [0.29, 0.717) is 23.8 Å². The molecule has 0 aliphatic rings. The van der Waals surface area contributed by atoms with Gasteiger partial charge in [0.2, 0.25) is 0 Å². The molecule has 0 atom stereocenters. The number of benzene rings is 2. The molecule has 0 aromatic heterocycles. The molecular weight excluding hydrogens is 294 g/mol. The number of halogens is 1. The van der Waals surface area contributed by atoms with Gasteiger partial charge in [-0.1, -0.05) is 34.1 Å². The molecule has 2 aromatic rings. The molecule has 3 nitrogen and oxygen atoms in total. The Balaban J connectivity index is 2.13. The summed E-state index contributed by atoms with van der Waals surface area (Å²) in [6.45, 7) is 0.474. The molecule has 2 rings (SSSR count). The van der Waals surface area contributed by atoms with E-state index in [2.05, 4.69) is 15.9 Å². The van der Waals surface area contributed by atoms with Crippen molar-refractivity contribution in [2.75, 3.05) is 12.8 Å². The zero-order valence-corrected chi connectivity index (χ0v) is 11.6. The summed E-state index contributed by atoms with van der Waals surface area (Å²) in [6.07, 6.45) is 0. The monoisotopic (exact) mass is 307 g/mol. The van der Waals surface area contributed by atoms with Crippen molar-refractivity contribution in [3.8, 4) is 11.5 Å². The van der Waals surface area contributed by atoms with Crippen molar-refractivity contribution in [3.05, 3.63) is 52.5 Å². The standard InChI is InChI=1S/C14H14BrNO2/c1-17-14-8-11(16)6-7-13(14)18-9-10-4-2-3-5-12(10)15/h2-8H,9,16H2,1H3. The molecule has 18 heavy (non-hydrogen) atoms. The predicted molar refractivity (Wildman–Crippen MR) is 75.9 cm³/mol. The van der Waals surface area contributed by atoms with E-state index in [1.54, 1.807) is 19.2 Å². The van der Waals surface area contributed by atoms with Crippen LogP contribution >= 0.6 is 15.9 Å². The second-order valence-electron chi connectivity index (χ2n) is 3.79. The summed E-state index contributed by atoms with van der Waals surface area (Å²) < 4.78 is 12.0. The number of hydrogen-bond donors (Lipinski definition) is 1. The van der Waals surface area contributed by atoms with Crippen LogP contribution in [0.15, 0.2) is 46.9 Å². The highest BCUT2D eigenvalue weighted by Crippen LogP contribution is 2.30. The van der Waals surface area contributed by atoms with Gasteiger partial charge >= 0.3 is 0 Å². The second-order valence-corrected chi connectivity index (χ2v) is 4.64. The number of rotatable bonds is 4. The average Bonchev–Trinajstić information content (AvgIpc) is 2.39. The number of nitrogens with two attached hydrogens (primary N) is 1. The smallest absolute Gasteiger partial charge is 0.162 e. The van der Waals surface area contributed by atoms with Gasteiger partial charge in [-0.15, -0.1) is 0 Å². The van der Waals surface area contributed by atoms with Crippen molar-refractivity contribution in [1.82, 2.24) is 0 Å². The minimum absolute atomic E-state index is 0.474. The molecule has 0 amide bonds. The fraction of sp³-hybridized carbons (Fsp3) is 0.143. The van der Waals surface area contributed by atoms with Crippen molar-refractivity contribution >= 4 is 21.6 Å². The first-order valence-electron chi connectivity index (χ1n) is 5.50. The summed E-state index contributed by atoms with van der Waals surface area (Å²) in [4.78, 5) is 0. The van der Waals surface area contributed by atoms with Crippen molar-refractivity contribution in [1.29, 1.82) is 0 Å². The molecule has 0 unspecified atom stereocenters. The summed E-state index contributed by atoms with van der Waals surface area (Å²) in [5.74, 6) is 1.32. The molecule has 0 saturated heterocycles. The van der Waals surface area contributed by atoms with E-state index in [1.807, 2.05) is 30.3 Å². The maximum absolute atomic E-state index is 5.74. The third kappa shape index (κ3) is 2.96. The summed E-state index contributed by atoms with van der Waals surface area (Å²) in [7, 11) is 1.60. The van der Waals surface area contributed by atoms with Crippen molar-refractivity contribution < 1.29 is 9.47 Å². The normalized spacial score (nSPS) is 10.1. The number of anilines is 1. The topological polar surface area (TPSA) is 44.5 Å². The Morgan fingerprint density at radius 3 is 2.61 bits per heavy atom. The average molecular weight is 308 g/mol. The van der Waals surface area contributed by atoms with Gasteiger partial charge in [0.15, 0.2) is 11.5 Å². The quantitative estimate of drug-likeness (QED) is 0.877. The molecule has 4 heteroatoms. The van der Waals surface area contributed by atoms with Crippen molar-refractivity contribution in [2.45, 2.75) is 6.61 Å². The van der Waals surface area contributed by atoms with Crippen LogP contribution in [0, 0.1) is 0 Å². The van der Waals surface area contributed by atoms with E-state index in [1.165, 1.54) is 0 Å². The molecule has 0 fully saturated rings. The van der Waals surface area contributed by atoms with Crippen LogP contribution in [0.1, 0.15) is 5.56 Å². The number of hydrogen-bond acceptors (Lipinski definition) is 3. The predicted octanol–water partition coefficient (Wildman–Crippen LogP) is 3.62. The molecule has 94 valence electrons. The maximum atomic E-state index is 5.74. The molecule has 0 aliphatic heterocycles. The van der Waals surface area contributed by atoms with Gasteiger partial charge in [0, 0.05) is 21.8 Å². The van der Waals surface area contributed by atoms with E-state index in [0.717, 1.165) is 10.0 Å². The second kappa shape index (κ2) is 5.78. The van der Waals surface area contributed by atoms with Crippen LogP contribution in [0.5, 0.6) is 11.5 Å². The highest BCUT2D eigenvalue weighted by Gasteiger charge is 2.06. The van der Waals surface area contributed by atoms with Gasteiger partial charge in [-0.3, -0.25) is 0 Å². The highest BCUT2D eigenvalue weighted by atomic mass is 79.9. The fourth-order valence-corrected chi connectivity index (χ4v) is 1.97. The lowest BCUT2D eigenvalue weighted by Crippen LogP contribution is -1.99. The fourth-order valence-electron chi connectivity index (χ4n) is 1.57. The minimum atomic E-state index is 0.474. The Kier molecular flexibility index (Phi) is 4.10. The van der Waals surface area contributed by atoms with Crippen LogP contribution < -0.4 is 15.2 Å². The third-order valence-corrected chi connectivity index (χ3v) is 3.30. The van der Waals surface area contributed by atoms with Crippen LogP contribution in [0.2, 0.25) is 0 Å². The Bertz CT molecular complexity index is 543. The Morgan fingerprint density at radius 1 is 1.11 bits per heavy atom. The lowest BCUT2D eigenvalue weighted by molar-refractivity contribution is 0.284. The number of ether oxygens (including phenoxy) is 2. The van der Waals surface area contributed by atoms with Crippen LogP contribution in [-0.2, 0) is 6.61 Å². The summed E-state index contributed by atoms with van der Waals surface area (Å²) >= 11 is 3.49. The van der Waals surface area contributed by atoms with Gasteiger partial charge in [0.25, 0.3) is 0 Å². The minimum Gasteiger partial charge on any atom is -0.493 e. The summed E-state index contributed by atoms with van der Waals surface area (Å²) in [5, 5.41) is 0. The first-order valence-corrected chi connectivity index (χ1v) is 6.29. The molecule has 0 radical (unpaired) electrons. The van der Waals surface area contributed by atoms with Crippen molar-refractivity contribution in [2.24, 2.45) is 0 Å². The molecule has 0 bridgehead atoms. The largest absolute Gasteiger partial charge is 0.493 e. The van der Waals surface area contributed by atoms with Gasteiger partial charge < -0.3 is 15.2 Å². The Labute approximate surface area is 115 Å². The first kappa shape index (κ1) is 12.8. The van der Waals surface area contributed by atoms with E-state index < -0.39 is 0 Å². The van der Waals surface area contributed by atoms with E-state index >= 15 is 0 Å². The van der Waals surface area contributed by atoms with Crippen LogP contribution in [-0.4, -0.2) is 7.11 Å². The van der Waals surface area contributed by atoms with Gasteiger partial charge in [-0.25, -0.2) is 0 Å². The SMILES string of the molecule is COc1cc(N)ccc1OCc1ccccc1Br. The van der Waals surface area contributed by atoms with Gasteiger partial charge in [0.05, 0.1) is 7.11 Å². The van der Waals surface area contributed by atoms with E-state index in [4.69, 9.17) is 15.2 Å². The zero-order chi connectivity index (χ0) is 13.0. The zero-order valence-electron chi connectivity index (χ0n) is 10.0. The molecule has 0 heterocycles. The van der Waals surface area contributed by atoms with Gasteiger partial charge in [-0.2, -0.15) is 0 Å². The maximum Gasteiger partial charge on any atom is 0.162 e. The molecular formula is C14H14BrNO2. The summed E-state index contributed by atoms with van der Waals surface area (Å²) in [6, 6.07) is 13.3. The van der Waals surface area contributed by atoms with E-state index in [-0.39, 0.29) is 0 Å². The van der Waals surface area contributed by atoms with Crippen molar-refractivity contribution in [3.63, 3.8) is 0 Å². The van der Waals surface area contributed by atoms with Crippen LogP contribution in [0.4, 0.5) is 5.69 Å². The number of methoxy groups -OCH3 is 1. The van der Waals surface area contributed by atoms with E-state index in [9.17, 15) is 0 Å². The highest BCUT2D eigenvalue weighted by molar-refractivity contribution is 9.10. The molecule has 0 spiro atoms. The molecule has 0 aliphatic carbocycles. The lowest BCUT2D eigenvalue weighted by atomic mass is 10.2. The Hall–Kier alpha value is -1.68. The Morgan fingerprint density at radius 2 is 1.89 bits per heavy atom. The molecule has 2 aromatic carbocycles. The van der Waals surface area contributed by atoms with Crippen LogP contribution in [0.3, 0.4) is 0 Å². The summed E-state index contributed by atoms with van der Waals surface area (Å²) in [5.41, 5.74) is 7.42. The van der Waals surface area contributed by atoms with Crippen LogP contribution in [0.25, 0.3) is 0 Å².